The molecule has 1 saturated carbocycles. The molecule has 3 saturated heterocycles. The standard InChI is InChI=1S/C9H15Se/c1-7-2-9-3-8(1)5-10(4-7)6-9/h7-9H,1-6H2. The molecule has 0 amide bonds. The van der Waals surface area contributed by atoms with Gasteiger partial charge in [0.1, 0.15) is 0 Å². The van der Waals surface area contributed by atoms with Gasteiger partial charge in [-0.15, -0.1) is 0 Å². The van der Waals surface area contributed by atoms with Gasteiger partial charge in [0, 0.05) is 0 Å². The molecule has 0 aromatic carbocycles. The molecule has 4 bridgehead atoms. The van der Waals surface area contributed by atoms with E-state index < -0.39 is 0 Å². The van der Waals surface area contributed by atoms with Crippen LogP contribution in [0.1, 0.15) is 19.3 Å². The first kappa shape index (κ1) is 6.08. The molecule has 0 aromatic heterocycles. The van der Waals surface area contributed by atoms with Crippen molar-refractivity contribution < 1.29 is 0 Å². The van der Waals surface area contributed by atoms with Gasteiger partial charge in [-0.1, -0.05) is 0 Å². The third-order valence-electron chi connectivity index (χ3n) is 3.41. The molecule has 3 aliphatic heterocycles. The van der Waals surface area contributed by atoms with E-state index in [0.29, 0.717) is 0 Å². The average Bonchev–Trinajstić information content (AvgIpc) is 1.82. The molecule has 0 N–H and O–H groups in total. The summed E-state index contributed by atoms with van der Waals surface area (Å²) in [6, 6.07) is 0. The Morgan fingerprint density at radius 3 is 1.40 bits per heavy atom. The van der Waals surface area contributed by atoms with E-state index in [9.17, 15) is 0 Å². The topological polar surface area (TPSA) is 0 Å². The van der Waals surface area contributed by atoms with Gasteiger partial charge in [-0.2, -0.15) is 0 Å². The minimum atomic E-state index is 0.0417. The zero-order valence-corrected chi connectivity index (χ0v) is 8.10. The SMILES string of the molecule is C1C2CC3CC1C[Se](C2)C3. The molecule has 4 fully saturated rings. The monoisotopic (exact) mass is 203 g/mol. The first-order valence-electron chi connectivity index (χ1n) is 4.54. The number of hydrogen-bond acceptors (Lipinski definition) is 0. The Hall–Kier alpha value is 0.519. The van der Waals surface area contributed by atoms with Gasteiger partial charge >= 0.3 is 66.9 Å². The fourth-order valence-corrected chi connectivity index (χ4v) is 10.1. The normalized spacial score (nSPS) is 52.2. The summed E-state index contributed by atoms with van der Waals surface area (Å²) in [5.41, 5.74) is 0. The van der Waals surface area contributed by atoms with Crippen LogP contribution in [0.5, 0.6) is 0 Å². The van der Waals surface area contributed by atoms with Gasteiger partial charge in [-0.25, -0.2) is 0 Å². The summed E-state index contributed by atoms with van der Waals surface area (Å²) in [5, 5.41) is 5.19. The summed E-state index contributed by atoms with van der Waals surface area (Å²) in [4.78, 5) is 0. The van der Waals surface area contributed by atoms with Crippen molar-refractivity contribution in [3.05, 3.63) is 0 Å². The second-order valence-corrected chi connectivity index (χ2v) is 9.09. The van der Waals surface area contributed by atoms with Crippen molar-refractivity contribution in [3.8, 4) is 0 Å². The molecular weight excluding hydrogens is 187 g/mol. The van der Waals surface area contributed by atoms with Crippen molar-refractivity contribution in [1.82, 2.24) is 0 Å². The van der Waals surface area contributed by atoms with Crippen LogP contribution >= 0.6 is 0 Å². The Bertz CT molecular complexity index is 96.3. The predicted octanol–water partition coefficient (Wildman–Crippen LogP) is 2.54. The second-order valence-electron chi connectivity index (χ2n) is 4.42. The Morgan fingerprint density at radius 2 is 1.10 bits per heavy atom. The van der Waals surface area contributed by atoms with E-state index in [0.717, 1.165) is 0 Å². The molecule has 4 rings (SSSR count). The van der Waals surface area contributed by atoms with Crippen LogP contribution in [-0.4, -0.2) is 13.9 Å². The molecule has 1 heteroatoms. The number of hydrogen-bond donors (Lipinski definition) is 0. The maximum absolute atomic E-state index is 1.73. The van der Waals surface area contributed by atoms with E-state index in [1.807, 2.05) is 0 Å². The summed E-state index contributed by atoms with van der Waals surface area (Å²) in [7, 11) is 0. The van der Waals surface area contributed by atoms with Gasteiger partial charge in [-0.05, 0) is 0 Å². The first-order chi connectivity index (χ1) is 4.90. The minimum absolute atomic E-state index is 0.0417. The van der Waals surface area contributed by atoms with Crippen LogP contribution < -0.4 is 0 Å². The van der Waals surface area contributed by atoms with Crippen molar-refractivity contribution in [2.45, 2.75) is 35.2 Å². The van der Waals surface area contributed by atoms with E-state index >= 15 is 0 Å². The molecule has 1 radical (unpaired) electrons. The van der Waals surface area contributed by atoms with Crippen molar-refractivity contribution >= 4 is 13.9 Å². The summed E-state index contributed by atoms with van der Waals surface area (Å²) in [6.07, 6.45) is 4.91. The average molecular weight is 202 g/mol. The van der Waals surface area contributed by atoms with Crippen LogP contribution in [0.25, 0.3) is 0 Å². The van der Waals surface area contributed by atoms with Crippen molar-refractivity contribution in [2.75, 3.05) is 0 Å². The Kier molecular flexibility index (Phi) is 1.23. The Balaban J connectivity index is 1.90. The van der Waals surface area contributed by atoms with E-state index in [2.05, 4.69) is 0 Å². The Morgan fingerprint density at radius 1 is 0.700 bits per heavy atom. The molecule has 0 unspecified atom stereocenters. The summed E-state index contributed by atoms with van der Waals surface area (Å²) < 4.78 is 0. The molecule has 0 nitrogen and oxygen atoms in total. The molecule has 10 heavy (non-hydrogen) atoms. The van der Waals surface area contributed by atoms with Crippen LogP contribution in [-0.2, 0) is 0 Å². The zero-order valence-electron chi connectivity index (χ0n) is 6.38. The van der Waals surface area contributed by atoms with Crippen LogP contribution in [0.2, 0.25) is 16.0 Å². The fourth-order valence-electron chi connectivity index (χ4n) is 3.32. The Labute approximate surface area is 67.3 Å². The second kappa shape index (κ2) is 2.01. The molecule has 0 aromatic rings. The summed E-state index contributed by atoms with van der Waals surface area (Å²) in [5.74, 6) is 3.70. The third kappa shape index (κ3) is 0.801. The predicted molar refractivity (Wildman–Crippen MR) is 44.5 cm³/mol. The van der Waals surface area contributed by atoms with Gasteiger partial charge in [0.15, 0.2) is 0 Å². The molecular formula is C9H15Se. The van der Waals surface area contributed by atoms with Gasteiger partial charge in [-0.3, -0.25) is 0 Å². The van der Waals surface area contributed by atoms with Gasteiger partial charge < -0.3 is 0 Å². The van der Waals surface area contributed by atoms with E-state index in [4.69, 9.17) is 0 Å². The molecule has 4 aliphatic rings. The van der Waals surface area contributed by atoms with Crippen molar-refractivity contribution in [1.29, 1.82) is 0 Å². The van der Waals surface area contributed by atoms with Gasteiger partial charge in [0.05, 0.1) is 0 Å². The van der Waals surface area contributed by atoms with E-state index in [-0.39, 0.29) is 13.9 Å². The zero-order chi connectivity index (χ0) is 6.55. The van der Waals surface area contributed by atoms with Crippen LogP contribution in [0.4, 0.5) is 0 Å². The van der Waals surface area contributed by atoms with Crippen LogP contribution in [0, 0.1) is 17.8 Å². The van der Waals surface area contributed by atoms with Crippen LogP contribution in [0.15, 0.2) is 0 Å². The molecule has 0 atom stereocenters. The van der Waals surface area contributed by atoms with Crippen LogP contribution in [0.3, 0.4) is 0 Å². The summed E-state index contributed by atoms with van der Waals surface area (Å²) >= 11 is 0.0417. The van der Waals surface area contributed by atoms with E-state index in [1.165, 1.54) is 17.8 Å². The van der Waals surface area contributed by atoms with E-state index in [1.54, 1.807) is 35.2 Å². The van der Waals surface area contributed by atoms with Crippen molar-refractivity contribution in [2.24, 2.45) is 17.8 Å². The fraction of sp³-hybridized carbons (Fsp3) is 1.00. The molecule has 3 heterocycles. The third-order valence-corrected chi connectivity index (χ3v) is 9.35. The quantitative estimate of drug-likeness (QED) is 0.529. The molecule has 0 spiro atoms. The number of rotatable bonds is 0. The maximum atomic E-state index is 1.73. The first-order valence-corrected chi connectivity index (χ1v) is 8.17. The molecule has 57 valence electrons. The van der Waals surface area contributed by atoms with Gasteiger partial charge in [0.25, 0.3) is 0 Å². The van der Waals surface area contributed by atoms with Gasteiger partial charge in [0.2, 0.25) is 0 Å². The van der Waals surface area contributed by atoms with Crippen molar-refractivity contribution in [3.63, 3.8) is 0 Å². The molecule has 1 aliphatic carbocycles. The summed E-state index contributed by atoms with van der Waals surface area (Å²) in [6.45, 7) is 0.